The number of cyclic esters (lactones) is 1. The van der Waals surface area contributed by atoms with Crippen LogP contribution in [0.5, 0.6) is 0 Å². The molecule has 1 aromatic heterocycles. The molecule has 102 valence electrons. The number of rotatable bonds is 1. The summed E-state index contributed by atoms with van der Waals surface area (Å²) in [5, 5.41) is 7.52. The van der Waals surface area contributed by atoms with Crippen molar-refractivity contribution in [2.45, 2.75) is 19.7 Å². The Bertz CT molecular complexity index is 774. The molecular weight excluding hydrogens is 260 g/mol. The molecule has 0 radical (unpaired) electrons. The van der Waals surface area contributed by atoms with Gasteiger partial charge in [-0.1, -0.05) is 0 Å². The third-order valence-electron chi connectivity index (χ3n) is 3.65. The van der Waals surface area contributed by atoms with Gasteiger partial charge in [-0.05, 0) is 18.2 Å². The first-order valence-corrected chi connectivity index (χ1v) is 6.44. The number of hydrogen-bond donors (Lipinski definition) is 1. The summed E-state index contributed by atoms with van der Waals surface area (Å²) in [7, 11) is 0. The van der Waals surface area contributed by atoms with Gasteiger partial charge in [-0.2, -0.15) is 4.68 Å². The Morgan fingerprint density at radius 3 is 3.05 bits per heavy atom. The highest BCUT2D eigenvalue weighted by atomic mass is 16.5. The Hall–Kier alpha value is -2.41. The minimum Gasteiger partial charge on any atom is -0.457 e. The van der Waals surface area contributed by atoms with Crippen molar-refractivity contribution in [3.8, 4) is 5.69 Å². The molecule has 1 aromatic carbocycles. The van der Waals surface area contributed by atoms with Crippen LogP contribution >= 0.6 is 0 Å². The molecule has 1 N–H and O–H groups in total. The molecule has 0 saturated heterocycles. The van der Waals surface area contributed by atoms with Crippen molar-refractivity contribution in [1.29, 1.82) is 0 Å². The average Bonchev–Trinajstić information content (AvgIpc) is 3.01. The summed E-state index contributed by atoms with van der Waals surface area (Å²) in [4.78, 5) is 23.7. The molecule has 0 spiro atoms. The molecule has 0 aliphatic carbocycles. The lowest BCUT2D eigenvalue weighted by molar-refractivity contribution is 0.0535. The van der Waals surface area contributed by atoms with Crippen LogP contribution in [0.4, 0.5) is 0 Å². The lowest BCUT2D eigenvalue weighted by Gasteiger charge is -2.11. The third-order valence-corrected chi connectivity index (χ3v) is 3.65. The Kier molecular flexibility index (Phi) is 2.31. The van der Waals surface area contributed by atoms with E-state index in [4.69, 9.17) is 4.74 Å². The summed E-state index contributed by atoms with van der Waals surface area (Å²) in [6.45, 7) is 2.24. The van der Waals surface area contributed by atoms with Gasteiger partial charge in [0, 0.05) is 18.7 Å². The Labute approximate surface area is 113 Å². The standard InChI is InChI=1S/C13H12N4O3/c18-12-10-2-1-9(5-8(10)7-20-12)17-13(19)16-4-3-14-6-11(16)15-17/h1-2,5,14H,3-4,6-7H2. The fraction of sp³-hybridized carbons (Fsp3) is 0.308. The maximum absolute atomic E-state index is 12.3. The largest absolute Gasteiger partial charge is 0.457 e. The van der Waals surface area contributed by atoms with Gasteiger partial charge < -0.3 is 10.1 Å². The van der Waals surface area contributed by atoms with Crippen LogP contribution in [0.1, 0.15) is 21.7 Å². The number of esters is 1. The number of ether oxygens (including phenoxy) is 1. The molecule has 0 bridgehead atoms. The van der Waals surface area contributed by atoms with Crippen LogP contribution in [-0.2, 0) is 24.4 Å². The minimum atomic E-state index is -0.313. The van der Waals surface area contributed by atoms with Crippen LogP contribution in [0.3, 0.4) is 0 Å². The maximum atomic E-state index is 12.3. The molecule has 2 aliphatic rings. The highest BCUT2D eigenvalue weighted by Crippen LogP contribution is 2.22. The average molecular weight is 272 g/mol. The van der Waals surface area contributed by atoms with E-state index in [1.807, 2.05) is 0 Å². The zero-order valence-electron chi connectivity index (χ0n) is 10.6. The zero-order chi connectivity index (χ0) is 13.7. The van der Waals surface area contributed by atoms with Crippen molar-refractivity contribution in [1.82, 2.24) is 19.7 Å². The van der Waals surface area contributed by atoms with E-state index >= 15 is 0 Å². The van der Waals surface area contributed by atoms with Gasteiger partial charge in [0.2, 0.25) is 0 Å². The van der Waals surface area contributed by atoms with E-state index in [1.54, 1.807) is 22.8 Å². The van der Waals surface area contributed by atoms with Gasteiger partial charge in [-0.15, -0.1) is 5.10 Å². The van der Waals surface area contributed by atoms with Crippen LogP contribution in [0, 0.1) is 0 Å². The highest BCUT2D eigenvalue weighted by molar-refractivity contribution is 5.93. The molecule has 3 heterocycles. The highest BCUT2D eigenvalue weighted by Gasteiger charge is 2.23. The van der Waals surface area contributed by atoms with E-state index in [9.17, 15) is 9.59 Å². The number of fused-ring (bicyclic) bond motifs is 2. The van der Waals surface area contributed by atoms with Crippen LogP contribution in [-0.4, -0.2) is 26.9 Å². The molecule has 2 aliphatic heterocycles. The normalized spacial score (nSPS) is 16.7. The van der Waals surface area contributed by atoms with Gasteiger partial charge in [0.1, 0.15) is 12.4 Å². The maximum Gasteiger partial charge on any atom is 0.350 e. The molecule has 4 rings (SSSR count). The van der Waals surface area contributed by atoms with Crippen molar-refractivity contribution >= 4 is 5.97 Å². The smallest absolute Gasteiger partial charge is 0.350 e. The third kappa shape index (κ3) is 1.53. The Morgan fingerprint density at radius 2 is 2.20 bits per heavy atom. The van der Waals surface area contributed by atoms with E-state index in [-0.39, 0.29) is 18.3 Å². The van der Waals surface area contributed by atoms with E-state index in [2.05, 4.69) is 10.4 Å². The molecule has 0 unspecified atom stereocenters. The predicted molar refractivity (Wildman–Crippen MR) is 68.7 cm³/mol. The molecule has 2 aromatic rings. The van der Waals surface area contributed by atoms with Gasteiger partial charge in [0.25, 0.3) is 0 Å². The number of carbonyl (C=O) groups is 1. The molecule has 0 amide bonds. The SMILES string of the molecule is O=C1OCc2cc(-n3nc4n(c3=O)CCNC4)ccc21. The summed E-state index contributed by atoms with van der Waals surface area (Å²) in [5.41, 5.74) is 1.87. The van der Waals surface area contributed by atoms with Crippen LogP contribution in [0.25, 0.3) is 5.69 Å². The van der Waals surface area contributed by atoms with Gasteiger partial charge >= 0.3 is 11.7 Å². The molecular formula is C13H12N4O3. The monoisotopic (exact) mass is 272 g/mol. The van der Waals surface area contributed by atoms with Crippen LogP contribution < -0.4 is 11.0 Å². The summed E-state index contributed by atoms with van der Waals surface area (Å²) >= 11 is 0. The fourth-order valence-electron chi connectivity index (χ4n) is 2.60. The second kappa shape index (κ2) is 4.04. The van der Waals surface area contributed by atoms with Crippen molar-refractivity contribution in [3.63, 3.8) is 0 Å². The summed E-state index contributed by atoms with van der Waals surface area (Å²) < 4.78 is 8.02. The minimum absolute atomic E-state index is 0.147. The summed E-state index contributed by atoms with van der Waals surface area (Å²) in [5.74, 6) is 0.418. The molecule has 0 saturated carbocycles. The number of benzene rings is 1. The van der Waals surface area contributed by atoms with Gasteiger partial charge in [-0.3, -0.25) is 4.57 Å². The van der Waals surface area contributed by atoms with Crippen LogP contribution in [0.15, 0.2) is 23.0 Å². The number of nitrogens with one attached hydrogen (secondary N) is 1. The van der Waals surface area contributed by atoms with Gasteiger partial charge in [0.15, 0.2) is 0 Å². The molecule has 7 heteroatoms. The first-order valence-electron chi connectivity index (χ1n) is 6.44. The molecule has 20 heavy (non-hydrogen) atoms. The molecule has 0 atom stereocenters. The lowest BCUT2D eigenvalue weighted by atomic mass is 10.1. The number of aromatic nitrogens is 3. The van der Waals surface area contributed by atoms with Crippen molar-refractivity contribution in [2.75, 3.05) is 6.54 Å². The summed E-state index contributed by atoms with van der Waals surface area (Å²) in [6, 6.07) is 5.19. The van der Waals surface area contributed by atoms with Gasteiger partial charge in [0.05, 0.1) is 17.8 Å². The lowest BCUT2D eigenvalue weighted by Crippen LogP contribution is -2.34. The Morgan fingerprint density at radius 1 is 1.30 bits per heavy atom. The first kappa shape index (κ1) is 11.4. The van der Waals surface area contributed by atoms with E-state index in [0.29, 0.717) is 24.3 Å². The first-order chi connectivity index (χ1) is 9.74. The number of nitrogens with zero attached hydrogens (tertiary/aromatic N) is 3. The zero-order valence-corrected chi connectivity index (χ0v) is 10.6. The van der Waals surface area contributed by atoms with Gasteiger partial charge in [-0.25, -0.2) is 9.59 Å². The molecule has 0 fully saturated rings. The van der Waals surface area contributed by atoms with E-state index < -0.39 is 0 Å². The second-order valence-electron chi connectivity index (χ2n) is 4.86. The topological polar surface area (TPSA) is 78.2 Å². The predicted octanol–water partition coefficient (Wildman–Crippen LogP) is -0.192. The number of carbonyl (C=O) groups excluding carboxylic acids is 1. The molecule has 7 nitrogen and oxygen atoms in total. The fourth-order valence-corrected chi connectivity index (χ4v) is 2.60. The van der Waals surface area contributed by atoms with Crippen molar-refractivity contribution < 1.29 is 9.53 Å². The van der Waals surface area contributed by atoms with E-state index in [0.717, 1.165) is 17.9 Å². The van der Waals surface area contributed by atoms with Crippen molar-refractivity contribution in [3.05, 3.63) is 45.6 Å². The second-order valence-corrected chi connectivity index (χ2v) is 4.86. The quantitative estimate of drug-likeness (QED) is 0.728. The van der Waals surface area contributed by atoms with Crippen molar-refractivity contribution in [2.24, 2.45) is 0 Å². The number of hydrogen-bond acceptors (Lipinski definition) is 5. The van der Waals surface area contributed by atoms with Crippen LogP contribution in [0.2, 0.25) is 0 Å². The Balaban J connectivity index is 1.84. The van der Waals surface area contributed by atoms with E-state index in [1.165, 1.54) is 4.68 Å². The summed E-state index contributed by atoms with van der Waals surface area (Å²) in [6.07, 6.45) is 0.